The molecule has 0 saturated carbocycles. The summed E-state index contributed by atoms with van der Waals surface area (Å²) >= 11 is 0. The highest BCUT2D eigenvalue weighted by atomic mass is 16.5. The van der Waals surface area contributed by atoms with Crippen LogP contribution in [0.25, 0.3) is 11.5 Å². The molecule has 2 heterocycles. The zero-order chi connectivity index (χ0) is 19.9. The molecule has 0 radical (unpaired) electrons. The molecule has 3 aromatic rings. The van der Waals surface area contributed by atoms with Crippen LogP contribution >= 0.6 is 0 Å². The zero-order valence-electron chi connectivity index (χ0n) is 16.0. The van der Waals surface area contributed by atoms with Gasteiger partial charge >= 0.3 is 0 Å². The topological polar surface area (TPSA) is 99.4 Å². The molecule has 2 aromatic heterocycles. The summed E-state index contributed by atoms with van der Waals surface area (Å²) in [5, 5.41) is 6.86. The zero-order valence-corrected chi connectivity index (χ0v) is 16.0. The number of nitrogens with zero attached hydrogens (tertiary/aromatic N) is 3. The molecule has 0 aliphatic carbocycles. The Morgan fingerprint density at radius 3 is 2.79 bits per heavy atom. The van der Waals surface area contributed by atoms with Gasteiger partial charge < -0.3 is 19.3 Å². The van der Waals surface area contributed by atoms with Crippen molar-refractivity contribution in [2.24, 2.45) is 0 Å². The van der Waals surface area contributed by atoms with Crippen LogP contribution < -0.4 is 14.8 Å². The third-order valence-corrected chi connectivity index (χ3v) is 4.21. The molecule has 8 nitrogen and oxygen atoms in total. The Labute approximate surface area is 162 Å². The Hall–Kier alpha value is -3.42. The predicted molar refractivity (Wildman–Crippen MR) is 102 cm³/mol. The molecule has 0 bridgehead atoms. The summed E-state index contributed by atoms with van der Waals surface area (Å²) in [6.07, 6.45) is 2.22. The van der Waals surface area contributed by atoms with Crippen LogP contribution in [-0.2, 0) is 11.2 Å². The lowest BCUT2D eigenvalue weighted by atomic mass is 10.1. The quantitative estimate of drug-likeness (QED) is 0.639. The Kier molecular flexibility index (Phi) is 6.21. The lowest BCUT2D eigenvalue weighted by molar-refractivity contribution is -0.121. The monoisotopic (exact) mass is 382 g/mol. The van der Waals surface area contributed by atoms with Gasteiger partial charge in [0, 0.05) is 24.6 Å². The highest BCUT2D eigenvalue weighted by molar-refractivity contribution is 5.76. The van der Waals surface area contributed by atoms with E-state index in [-0.39, 0.29) is 18.4 Å². The van der Waals surface area contributed by atoms with Gasteiger partial charge in [0.1, 0.15) is 17.2 Å². The van der Waals surface area contributed by atoms with Crippen LogP contribution in [0.1, 0.15) is 30.8 Å². The van der Waals surface area contributed by atoms with E-state index in [1.807, 2.05) is 37.3 Å². The number of carbonyl (C=O) groups is 1. The molecule has 1 N–H and O–H groups in total. The molecule has 1 amide bonds. The molecule has 28 heavy (non-hydrogen) atoms. The van der Waals surface area contributed by atoms with Gasteiger partial charge in [-0.2, -0.15) is 4.98 Å². The number of carbonyl (C=O) groups excluding carboxylic acids is 1. The van der Waals surface area contributed by atoms with E-state index in [2.05, 4.69) is 20.4 Å². The number of hydrogen-bond acceptors (Lipinski definition) is 7. The van der Waals surface area contributed by atoms with Crippen LogP contribution in [0, 0.1) is 0 Å². The van der Waals surface area contributed by atoms with Crippen LogP contribution in [0.15, 0.2) is 47.1 Å². The van der Waals surface area contributed by atoms with E-state index in [0.717, 1.165) is 5.56 Å². The van der Waals surface area contributed by atoms with Gasteiger partial charge in [0.2, 0.25) is 17.6 Å². The molecule has 0 aliphatic rings. The molecule has 146 valence electrons. The van der Waals surface area contributed by atoms with E-state index in [0.29, 0.717) is 35.3 Å². The van der Waals surface area contributed by atoms with Crippen molar-refractivity contribution in [3.8, 4) is 23.0 Å². The van der Waals surface area contributed by atoms with Gasteiger partial charge in [-0.25, -0.2) is 0 Å². The maximum Gasteiger partial charge on any atom is 0.227 e. The Morgan fingerprint density at radius 2 is 2.07 bits per heavy atom. The number of ether oxygens (including phenoxy) is 2. The van der Waals surface area contributed by atoms with Gasteiger partial charge in [0.15, 0.2) is 0 Å². The molecule has 0 spiro atoms. The van der Waals surface area contributed by atoms with Crippen LogP contribution in [0.5, 0.6) is 11.5 Å². The van der Waals surface area contributed by atoms with Crippen molar-refractivity contribution < 1.29 is 18.8 Å². The molecule has 8 heteroatoms. The van der Waals surface area contributed by atoms with E-state index in [9.17, 15) is 4.79 Å². The van der Waals surface area contributed by atoms with Crippen molar-refractivity contribution in [1.29, 1.82) is 0 Å². The van der Waals surface area contributed by atoms with Crippen LogP contribution in [-0.4, -0.2) is 35.3 Å². The van der Waals surface area contributed by atoms with Gasteiger partial charge in [-0.05, 0) is 37.3 Å². The van der Waals surface area contributed by atoms with Gasteiger partial charge in [-0.3, -0.25) is 9.78 Å². The number of rotatable bonds is 8. The Morgan fingerprint density at radius 1 is 1.21 bits per heavy atom. The van der Waals surface area contributed by atoms with Gasteiger partial charge in [-0.15, -0.1) is 0 Å². The van der Waals surface area contributed by atoms with E-state index in [1.54, 1.807) is 26.5 Å². The minimum atomic E-state index is -0.246. The van der Waals surface area contributed by atoms with Crippen molar-refractivity contribution in [1.82, 2.24) is 20.4 Å². The van der Waals surface area contributed by atoms with Crippen LogP contribution in [0.4, 0.5) is 0 Å². The fraction of sp³-hybridized carbons (Fsp3) is 0.300. The molecule has 3 rings (SSSR count). The minimum Gasteiger partial charge on any atom is -0.497 e. The van der Waals surface area contributed by atoms with Gasteiger partial charge in [-0.1, -0.05) is 11.2 Å². The number of methoxy groups -OCH3 is 2. The molecule has 0 saturated heterocycles. The fourth-order valence-corrected chi connectivity index (χ4v) is 2.75. The number of benzene rings is 1. The van der Waals surface area contributed by atoms with E-state index < -0.39 is 0 Å². The lowest BCUT2D eigenvalue weighted by Gasteiger charge is -2.18. The highest BCUT2D eigenvalue weighted by Crippen LogP contribution is 2.29. The number of pyridine rings is 1. The van der Waals surface area contributed by atoms with Crippen LogP contribution in [0.2, 0.25) is 0 Å². The van der Waals surface area contributed by atoms with Crippen molar-refractivity contribution >= 4 is 5.91 Å². The van der Waals surface area contributed by atoms with E-state index in [1.165, 1.54) is 0 Å². The molecule has 1 atom stereocenters. The van der Waals surface area contributed by atoms with Gasteiger partial charge in [0.05, 0.1) is 20.3 Å². The normalized spacial score (nSPS) is 11.7. The van der Waals surface area contributed by atoms with Crippen molar-refractivity contribution in [3.63, 3.8) is 0 Å². The first-order valence-corrected chi connectivity index (χ1v) is 8.86. The smallest absolute Gasteiger partial charge is 0.227 e. The van der Waals surface area contributed by atoms with E-state index in [4.69, 9.17) is 14.0 Å². The average Bonchev–Trinajstić information content (AvgIpc) is 3.21. The number of aromatic nitrogens is 3. The summed E-state index contributed by atoms with van der Waals surface area (Å²) in [6.45, 7) is 1.89. The summed E-state index contributed by atoms with van der Waals surface area (Å²) in [7, 11) is 3.19. The van der Waals surface area contributed by atoms with Gasteiger partial charge in [0.25, 0.3) is 0 Å². The second-order valence-corrected chi connectivity index (χ2v) is 6.12. The SMILES string of the molecule is COc1ccc(OC)c(C(C)NC(=O)CCc2nc(-c3ccccn3)no2)c1. The minimum absolute atomic E-state index is 0.130. The number of amides is 1. The number of hydrogen-bond donors (Lipinski definition) is 1. The highest BCUT2D eigenvalue weighted by Gasteiger charge is 2.16. The second-order valence-electron chi connectivity index (χ2n) is 6.12. The molecule has 0 fully saturated rings. The summed E-state index contributed by atoms with van der Waals surface area (Å²) in [4.78, 5) is 20.8. The molecule has 1 aromatic carbocycles. The Balaban J connectivity index is 1.58. The molecule has 1 unspecified atom stereocenters. The lowest BCUT2D eigenvalue weighted by Crippen LogP contribution is -2.27. The first-order valence-electron chi connectivity index (χ1n) is 8.86. The maximum absolute atomic E-state index is 12.3. The first-order chi connectivity index (χ1) is 13.6. The standard InChI is InChI=1S/C20H22N4O4/c1-13(15-12-14(26-2)7-8-17(15)27-3)22-18(25)9-10-19-23-20(24-28-19)16-6-4-5-11-21-16/h4-8,11-13H,9-10H2,1-3H3,(H,22,25). The predicted octanol–water partition coefficient (Wildman–Crippen LogP) is 2.96. The largest absolute Gasteiger partial charge is 0.497 e. The molecule has 0 aliphatic heterocycles. The molecular weight excluding hydrogens is 360 g/mol. The van der Waals surface area contributed by atoms with Crippen molar-refractivity contribution in [3.05, 3.63) is 54.0 Å². The fourth-order valence-electron chi connectivity index (χ4n) is 2.75. The second kappa shape index (κ2) is 8.98. The third-order valence-electron chi connectivity index (χ3n) is 4.21. The molecular formula is C20H22N4O4. The average molecular weight is 382 g/mol. The van der Waals surface area contributed by atoms with E-state index >= 15 is 0 Å². The Bertz CT molecular complexity index is 927. The third kappa shape index (κ3) is 4.64. The summed E-state index contributed by atoms with van der Waals surface area (Å²) in [5.41, 5.74) is 1.46. The number of aryl methyl sites for hydroxylation is 1. The van der Waals surface area contributed by atoms with Crippen LogP contribution in [0.3, 0.4) is 0 Å². The van der Waals surface area contributed by atoms with Crippen molar-refractivity contribution in [2.45, 2.75) is 25.8 Å². The number of nitrogens with one attached hydrogen (secondary N) is 1. The maximum atomic E-state index is 12.3. The van der Waals surface area contributed by atoms with Crippen molar-refractivity contribution in [2.75, 3.05) is 14.2 Å². The first kappa shape index (κ1) is 19.3. The summed E-state index contributed by atoms with van der Waals surface area (Å²) in [6, 6.07) is 10.7. The summed E-state index contributed by atoms with van der Waals surface area (Å²) < 4.78 is 15.8. The summed E-state index contributed by atoms with van der Waals surface area (Å²) in [5.74, 6) is 2.05.